The molecule has 1 unspecified atom stereocenters. The molecule has 188 valence electrons. The number of carbonyl (C=O) groups excluding carboxylic acids is 2. The van der Waals surface area contributed by atoms with Crippen LogP contribution in [-0.2, 0) is 11.0 Å². The predicted octanol–water partition coefficient (Wildman–Crippen LogP) is 5.82. The van der Waals surface area contributed by atoms with Gasteiger partial charge >= 0.3 is 12.2 Å². The average molecular weight is 506 g/mol. The Hall–Kier alpha value is -4.60. The summed E-state index contributed by atoms with van der Waals surface area (Å²) in [6, 6.07) is 14.7. The molecule has 0 saturated carbocycles. The maximum Gasteiger partial charge on any atom is 0.416 e. The van der Waals surface area contributed by atoms with Gasteiger partial charge in [0.05, 0.1) is 28.9 Å². The van der Waals surface area contributed by atoms with Crippen LogP contribution in [-0.4, -0.2) is 22.1 Å². The fraction of sp³-hybridized carbons (Fsp3) is 0.148. The number of alkyl halides is 3. The van der Waals surface area contributed by atoms with Crippen LogP contribution < -0.4 is 16.0 Å². The molecule has 1 aromatic heterocycles. The van der Waals surface area contributed by atoms with Crippen molar-refractivity contribution in [3.05, 3.63) is 94.8 Å². The Morgan fingerprint density at radius 2 is 1.73 bits per heavy atom. The van der Waals surface area contributed by atoms with E-state index in [9.17, 15) is 22.8 Å². The number of hydrogen-bond donors (Lipinski definition) is 4. The minimum atomic E-state index is -4.45. The number of rotatable bonds is 4. The molecule has 1 aliphatic rings. The van der Waals surface area contributed by atoms with Crippen LogP contribution in [0.5, 0.6) is 0 Å². The van der Waals surface area contributed by atoms with E-state index in [1.165, 1.54) is 0 Å². The highest BCUT2D eigenvalue weighted by molar-refractivity contribution is 6.07. The second-order valence-corrected chi connectivity index (χ2v) is 8.90. The van der Waals surface area contributed by atoms with Crippen LogP contribution in [0, 0.1) is 6.92 Å². The van der Waals surface area contributed by atoms with Crippen LogP contribution >= 0.6 is 0 Å². The van der Waals surface area contributed by atoms with Crippen LogP contribution in [0.1, 0.15) is 29.7 Å². The zero-order chi connectivity index (χ0) is 26.3. The van der Waals surface area contributed by atoms with Crippen molar-refractivity contribution in [2.75, 3.05) is 5.32 Å². The number of fused-ring (bicyclic) bond motifs is 1. The molecule has 3 amide bonds. The fourth-order valence-electron chi connectivity index (χ4n) is 4.45. The molecule has 4 aromatic rings. The second-order valence-electron chi connectivity index (χ2n) is 8.90. The van der Waals surface area contributed by atoms with Crippen molar-refractivity contribution < 1.29 is 22.8 Å². The summed E-state index contributed by atoms with van der Waals surface area (Å²) in [7, 11) is 0. The Bertz CT molecular complexity index is 1550. The summed E-state index contributed by atoms with van der Waals surface area (Å²) in [5, 5.41) is 15.9. The summed E-state index contributed by atoms with van der Waals surface area (Å²) in [5.74, 6) is -0.407. The summed E-state index contributed by atoms with van der Waals surface area (Å²) >= 11 is 0. The molecule has 7 nitrogen and oxygen atoms in total. The highest BCUT2D eigenvalue weighted by Gasteiger charge is 2.32. The van der Waals surface area contributed by atoms with E-state index in [4.69, 9.17) is 0 Å². The number of aromatic amines is 1. The third kappa shape index (κ3) is 4.90. The number of amides is 3. The lowest BCUT2D eigenvalue weighted by Gasteiger charge is -2.29. The zero-order valence-corrected chi connectivity index (χ0v) is 19.8. The highest BCUT2D eigenvalue weighted by atomic mass is 19.4. The number of benzene rings is 3. The highest BCUT2D eigenvalue weighted by Crippen LogP contribution is 2.34. The molecule has 3 aromatic carbocycles. The van der Waals surface area contributed by atoms with E-state index in [-0.39, 0.29) is 0 Å². The normalized spacial score (nSPS) is 15.9. The van der Waals surface area contributed by atoms with E-state index in [1.54, 1.807) is 68.6 Å². The van der Waals surface area contributed by atoms with Crippen LogP contribution in [0.25, 0.3) is 22.0 Å². The number of anilines is 1. The lowest BCUT2D eigenvalue weighted by molar-refractivity contribution is -0.137. The summed E-state index contributed by atoms with van der Waals surface area (Å²) < 4.78 is 39.9. The molecular weight excluding hydrogens is 483 g/mol. The van der Waals surface area contributed by atoms with Gasteiger partial charge < -0.3 is 16.0 Å². The molecule has 0 bridgehead atoms. The van der Waals surface area contributed by atoms with Gasteiger partial charge in [-0.3, -0.25) is 9.89 Å². The smallest absolute Gasteiger partial charge is 0.327 e. The summed E-state index contributed by atoms with van der Waals surface area (Å²) in [6.07, 6.45) is -2.80. The number of nitrogens with one attached hydrogen (secondary N) is 4. The zero-order valence-electron chi connectivity index (χ0n) is 19.8. The number of halogens is 3. The van der Waals surface area contributed by atoms with E-state index in [0.29, 0.717) is 39.2 Å². The average Bonchev–Trinajstić information content (AvgIpc) is 3.30. The van der Waals surface area contributed by atoms with Crippen molar-refractivity contribution in [1.82, 2.24) is 20.8 Å². The minimum Gasteiger partial charge on any atom is -0.327 e. The van der Waals surface area contributed by atoms with Crippen LogP contribution in [0.2, 0.25) is 0 Å². The Morgan fingerprint density at radius 3 is 2.46 bits per heavy atom. The largest absolute Gasteiger partial charge is 0.416 e. The van der Waals surface area contributed by atoms with Crippen LogP contribution in [0.4, 0.5) is 23.7 Å². The Kier molecular flexibility index (Phi) is 5.94. The van der Waals surface area contributed by atoms with Crippen molar-refractivity contribution in [3.63, 3.8) is 0 Å². The molecule has 10 heteroatoms. The summed E-state index contributed by atoms with van der Waals surface area (Å²) in [4.78, 5) is 25.6. The first kappa shape index (κ1) is 24.1. The van der Waals surface area contributed by atoms with E-state index >= 15 is 0 Å². The third-order valence-corrected chi connectivity index (χ3v) is 6.19. The molecular formula is C27H22F3N5O2. The molecule has 37 heavy (non-hydrogen) atoms. The van der Waals surface area contributed by atoms with Gasteiger partial charge in [0.25, 0.3) is 5.91 Å². The number of urea groups is 1. The molecule has 5 rings (SSSR count). The third-order valence-electron chi connectivity index (χ3n) is 6.19. The van der Waals surface area contributed by atoms with Gasteiger partial charge in [-0.1, -0.05) is 30.3 Å². The second kappa shape index (κ2) is 9.12. The standard InChI is InChI=1S/C27H22F3N5O2/c1-14-9-18(11-20(10-14)27(28,29)30)16-3-5-17(6-4-16)24-23(15(2)32-26(37)34-24)25(36)33-21-7-8-22-19(12-21)13-31-35-22/h3-13,24H,1-2H3,(H,31,35)(H,33,36)(H2,32,34,37). The minimum absolute atomic E-state index is 0.314. The van der Waals surface area contributed by atoms with Gasteiger partial charge in [0.15, 0.2) is 0 Å². The summed E-state index contributed by atoms with van der Waals surface area (Å²) in [6.45, 7) is 3.25. The molecule has 0 fully saturated rings. The monoisotopic (exact) mass is 505 g/mol. The van der Waals surface area contributed by atoms with E-state index in [2.05, 4.69) is 26.1 Å². The molecule has 0 aliphatic carbocycles. The Balaban J connectivity index is 1.44. The SMILES string of the molecule is CC1=C(C(=O)Nc2ccc3[nH]ncc3c2)C(c2ccc(-c3cc(C)cc(C(F)(F)F)c3)cc2)NC(=O)N1. The first-order chi connectivity index (χ1) is 17.6. The number of hydrogen-bond acceptors (Lipinski definition) is 3. The molecule has 0 radical (unpaired) electrons. The Labute approximate surface area is 209 Å². The Morgan fingerprint density at radius 1 is 0.973 bits per heavy atom. The van der Waals surface area contributed by atoms with E-state index in [1.807, 2.05) is 0 Å². The predicted molar refractivity (Wildman–Crippen MR) is 133 cm³/mol. The van der Waals surface area contributed by atoms with Gasteiger partial charge in [-0.15, -0.1) is 0 Å². The van der Waals surface area contributed by atoms with Gasteiger partial charge in [0.2, 0.25) is 0 Å². The van der Waals surface area contributed by atoms with Gasteiger partial charge in [0, 0.05) is 16.8 Å². The molecule has 0 spiro atoms. The molecule has 1 aliphatic heterocycles. The van der Waals surface area contributed by atoms with Crippen molar-refractivity contribution >= 4 is 28.5 Å². The van der Waals surface area contributed by atoms with Gasteiger partial charge in [-0.2, -0.15) is 18.3 Å². The van der Waals surface area contributed by atoms with Crippen molar-refractivity contribution in [2.45, 2.75) is 26.1 Å². The number of H-pyrrole nitrogens is 1. The maximum atomic E-state index is 13.3. The number of carbonyl (C=O) groups is 2. The number of aryl methyl sites for hydroxylation is 1. The van der Waals surface area contributed by atoms with Gasteiger partial charge in [-0.05, 0) is 66.4 Å². The quantitative estimate of drug-likeness (QED) is 0.281. The van der Waals surface area contributed by atoms with Crippen molar-refractivity contribution in [1.29, 1.82) is 0 Å². The molecule has 4 N–H and O–H groups in total. The van der Waals surface area contributed by atoms with E-state index in [0.717, 1.165) is 23.0 Å². The first-order valence-corrected chi connectivity index (χ1v) is 11.4. The van der Waals surface area contributed by atoms with Crippen molar-refractivity contribution in [3.8, 4) is 11.1 Å². The van der Waals surface area contributed by atoms with Crippen LogP contribution in [0.3, 0.4) is 0 Å². The van der Waals surface area contributed by atoms with Gasteiger partial charge in [-0.25, -0.2) is 4.79 Å². The van der Waals surface area contributed by atoms with E-state index < -0.39 is 29.7 Å². The number of allylic oxidation sites excluding steroid dienone is 1. The molecule has 2 heterocycles. The number of nitrogens with zero attached hydrogens (tertiary/aromatic N) is 1. The maximum absolute atomic E-state index is 13.3. The molecule has 1 atom stereocenters. The topological polar surface area (TPSA) is 98.9 Å². The van der Waals surface area contributed by atoms with Crippen molar-refractivity contribution in [2.24, 2.45) is 0 Å². The fourth-order valence-corrected chi connectivity index (χ4v) is 4.45. The molecule has 0 saturated heterocycles. The number of aromatic nitrogens is 2. The van der Waals surface area contributed by atoms with Crippen LogP contribution in [0.15, 0.2) is 78.1 Å². The van der Waals surface area contributed by atoms with Gasteiger partial charge in [0.1, 0.15) is 0 Å². The summed E-state index contributed by atoms with van der Waals surface area (Å²) in [5.41, 5.74) is 3.48. The lowest BCUT2D eigenvalue weighted by atomic mass is 9.92. The lowest BCUT2D eigenvalue weighted by Crippen LogP contribution is -2.45. The first-order valence-electron chi connectivity index (χ1n) is 11.4.